The van der Waals surface area contributed by atoms with Crippen molar-refractivity contribution in [1.82, 2.24) is 4.98 Å². The first-order chi connectivity index (χ1) is 13.9. The lowest BCUT2D eigenvalue weighted by atomic mass is 9.88. The van der Waals surface area contributed by atoms with E-state index in [1.807, 2.05) is 12.2 Å². The third-order valence-electron chi connectivity index (χ3n) is 5.44. The average Bonchev–Trinajstić information content (AvgIpc) is 2.98. The van der Waals surface area contributed by atoms with Crippen molar-refractivity contribution in [3.63, 3.8) is 0 Å². The maximum absolute atomic E-state index is 12.4. The molecular formula is C23H31NO5. The van der Waals surface area contributed by atoms with E-state index >= 15 is 0 Å². The number of Topliss-reactive ketones (excluding diaryl/α,β-unsaturated/α-hetero) is 2. The highest BCUT2D eigenvalue weighted by Crippen LogP contribution is 2.37. The zero-order valence-corrected chi connectivity index (χ0v) is 17.0. The summed E-state index contributed by atoms with van der Waals surface area (Å²) in [5.74, 6) is -2.23. The van der Waals surface area contributed by atoms with Crippen LogP contribution < -0.4 is 0 Å². The van der Waals surface area contributed by atoms with Gasteiger partial charge in [0, 0.05) is 19.0 Å². The fourth-order valence-corrected chi connectivity index (χ4v) is 3.75. The second kappa shape index (κ2) is 11.6. The van der Waals surface area contributed by atoms with Gasteiger partial charge in [-0.2, -0.15) is 0 Å². The van der Waals surface area contributed by atoms with Crippen LogP contribution in [0.1, 0.15) is 88.0 Å². The molecule has 1 aromatic rings. The highest BCUT2D eigenvalue weighted by atomic mass is 16.4. The summed E-state index contributed by atoms with van der Waals surface area (Å²) in [5.41, 5.74) is 1.31. The summed E-state index contributed by atoms with van der Waals surface area (Å²) in [6.07, 6.45) is 10.9. The van der Waals surface area contributed by atoms with E-state index in [0.717, 1.165) is 24.8 Å². The highest BCUT2D eigenvalue weighted by molar-refractivity contribution is 6.41. The molecule has 1 heterocycles. The summed E-state index contributed by atoms with van der Waals surface area (Å²) in [6, 6.07) is 3.55. The summed E-state index contributed by atoms with van der Waals surface area (Å²) in [5, 5.41) is 18.9. The van der Waals surface area contributed by atoms with Crippen LogP contribution in [0.4, 0.5) is 0 Å². The van der Waals surface area contributed by atoms with Gasteiger partial charge in [0.2, 0.25) is 5.78 Å². The summed E-state index contributed by atoms with van der Waals surface area (Å²) in [4.78, 5) is 39.3. The van der Waals surface area contributed by atoms with Crippen molar-refractivity contribution in [2.45, 2.75) is 76.7 Å². The molecular weight excluding hydrogens is 370 g/mol. The number of carbonyl (C=O) groups is 3. The number of carbonyl (C=O) groups excluding carboxylic acids is 2. The molecule has 2 rings (SSSR count). The molecule has 29 heavy (non-hydrogen) atoms. The molecule has 2 unspecified atom stereocenters. The number of aliphatic hydroxyl groups excluding tert-OH is 1. The van der Waals surface area contributed by atoms with Gasteiger partial charge in [-0.15, -0.1) is 0 Å². The minimum atomic E-state index is -0.810. The number of hydrogen-bond donors (Lipinski definition) is 2. The van der Waals surface area contributed by atoms with Crippen LogP contribution in [0.3, 0.4) is 0 Å². The molecule has 0 bridgehead atoms. The molecule has 0 amide bonds. The second-order valence-corrected chi connectivity index (χ2v) is 7.75. The molecule has 6 heteroatoms. The van der Waals surface area contributed by atoms with Crippen LogP contribution in [0.5, 0.6) is 0 Å². The van der Waals surface area contributed by atoms with E-state index < -0.39 is 23.8 Å². The van der Waals surface area contributed by atoms with Crippen LogP contribution in [0.25, 0.3) is 0 Å². The number of allylic oxidation sites excluding steroid dienone is 2. The number of hydrogen-bond acceptors (Lipinski definition) is 5. The SMILES string of the molecule is CCCCCC(O)c1ccc(C2C(=O)C(=O)C[C@@H]2C/C=C\CCCC(=O)O)nc1. The standard InChI is InChI=1S/C23H31NO5/c1-2-3-6-10-19(25)17-12-13-18(24-15-17)22-16(14-20(26)23(22)29)9-7-4-5-8-11-21(27)28/h4,7,12-13,15-16,19,22,25H,2-3,5-6,8-11,14H2,1H3,(H,27,28)/b7-4-/t16-,19?,22?/m0/s1. The average molecular weight is 402 g/mol. The van der Waals surface area contributed by atoms with Crippen molar-refractivity contribution in [2.75, 3.05) is 0 Å². The minimum absolute atomic E-state index is 0.126. The van der Waals surface area contributed by atoms with Gasteiger partial charge in [-0.3, -0.25) is 19.4 Å². The number of aromatic nitrogens is 1. The Morgan fingerprint density at radius 1 is 1.24 bits per heavy atom. The van der Waals surface area contributed by atoms with Crippen molar-refractivity contribution in [3.8, 4) is 0 Å². The lowest BCUT2D eigenvalue weighted by molar-refractivity contribution is -0.137. The molecule has 0 spiro atoms. The number of carboxylic acids is 1. The monoisotopic (exact) mass is 401 g/mol. The molecule has 1 aromatic heterocycles. The fraction of sp³-hybridized carbons (Fsp3) is 0.565. The van der Waals surface area contributed by atoms with Crippen LogP contribution >= 0.6 is 0 Å². The van der Waals surface area contributed by atoms with E-state index in [9.17, 15) is 19.5 Å². The van der Waals surface area contributed by atoms with Gasteiger partial charge in [0.1, 0.15) is 0 Å². The number of pyridine rings is 1. The number of aliphatic hydroxyl groups is 1. The molecule has 1 fully saturated rings. The fourth-order valence-electron chi connectivity index (χ4n) is 3.75. The molecule has 6 nitrogen and oxygen atoms in total. The number of rotatable bonds is 12. The van der Waals surface area contributed by atoms with Crippen molar-refractivity contribution in [3.05, 3.63) is 41.7 Å². The van der Waals surface area contributed by atoms with E-state index in [1.54, 1.807) is 18.3 Å². The van der Waals surface area contributed by atoms with Gasteiger partial charge in [-0.05, 0) is 43.2 Å². The molecule has 0 aliphatic heterocycles. The molecule has 1 aliphatic rings. The minimum Gasteiger partial charge on any atom is -0.481 e. The first-order valence-electron chi connectivity index (χ1n) is 10.5. The Balaban J connectivity index is 1.98. The number of carboxylic acid groups (broad SMARTS) is 1. The van der Waals surface area contributed by atoms with E-state index in [4.69, 9.17) is 5.11 Å². The van der Waals surface area contributed by atoms with Gasteiger partial charge >= 0.3 is 5.97 Å². The lowest BCUT2D eigenvalue weighted by Gasteiger charge is -2.17. The molecule has 1 saturated carbocycles. The normalized spacial score (nSPS) is 20.5. The topological polar surface area (TPSA) is 105 Å². The predicted molar refractivity (Wildman–Crippen MR) is 109 cm³/mol. The first kappa shape index (κ1) is 22.9. The maximum Gasteiger partial charge on any atom is 0.303 e. The maximum atomic E-state index is 12.4. The van der Waals surface area contributed by atoms with Crippen molar-refractivity contribution in [1.29, 1.82) is 0 Å². The van der Waals surface area contributed by atoms with Gasteiger partial charge in [-0.1, -0.05) is 44.4 Å². The van der Waals surface area contributed by atoms with Crippen LogP contribution in [0.2, 0.25) is 0 Å². The van der Waals surface area contributed by atoms with Gasteiger partial charge in [-0.25, -0.2) is 0 Å². The van der Waals surface area contributed by atoms with E-state index in [2.05, 4.69) is 11.9 Å². The zero-order chi connectivity index (χ0) is 21.2. The lowest BCUT2D eigenvalue weighted by Crippen LogP contribution is -2.16. The summed E-state index contributed by atoms with van der Waals surface area (Å²) >= 11 is 0. The van der Waals surface area contributed by atoms with E-state index in [0.29, 0.717) is 31.4 Å². The number of unbranched alkanes of at least 4 members (excludes halogenated alkanes) is 3. The number of nitrogens with zero attached hydrogens (tertiary/aromatic N) is 1. The second-order valence-electron chi connectivity index (χ2n) is 7.75. The predicted octanol–water partition coefficient (Wildman–Crippen LogP) is 4.14. The molecule has 0 saturated heterocycles. The number of aliphatic carboxylic acids is 1. The third-order valence-corrected chi connectivity index (χ3v) is 5.44. The zero-order valence-electron chi connectivity index (χ0n) is 17.0. The van der Waals surface area contributed by atoms with Crippen molar-refractivity contribution >= 4 is 17.5 Å². The summed E-state index contributed by atoms with van der Waals surface area (Å²) in [7, 11) is 0. The smallest absolute Gasteiger partial charge is 0.303 e. The summed E-state index contributed by atoms with van der Waals surface area (Å²) in [6.45, 7) is 2.12. The Labute approximate surface area is 172 Å². The Morgan fingerprint density at radius 2 is 2.03 bits per heavy atom. The largest absolute Gasteiger partial charge is 0.481 e. The Kier molecular flexibility index (Phi) is 9.19. The van der Waals surface area contributed by atoms with Gasteiger partial charge in [0.25, 0.3) is 0 Å². The van der Waals surface area contributed by atoms with E-state index in [1.165, 1.54) is 0 Å². The summed E-state index contributed by atoms with van der Waals surface area (Å²) < 4.78 is 0. The van der Waals surface area contributed by atoms with Crippen LogP contribution in [0, 0.1) is 5.92 Å². The molecule has 158 valence electrons. The highest BCUT2D eigenvalue weighted by Gasteiger charge is 2.42. The third kappa shape index (κ3) is 6.89. The van der Waals surface area contributed by atoms with Gasteiger partial charge < -0.3 is 10.2 Å². The Bertz CT molecular complexity index is 725. The molecule has 1 aliphatic carbocycles. The number of ketones is 2. The molecule has 2 N–H and O–H groups in total. The molecule has 0 radical (unpaired) electrons. The van der Waals surface area contributed by atoms with Crippen LogP contribution in [0.15, 0.2) is 30.5 Å². The first-order valence-corrected chi connectivity index (χ1v) is 10.5. The van der Waals surface area contributed by atoms with Crippen LogP contribution in [-0.4, -0.2) is 32.7 Å². The van der Waals surface area contributed by atoms with E-state index in [-0.39, 0.29) is 24.5 Å². The molecule has 3 atom stereocenters. The van der Waals surface area contributed by atoms with Gasteiger partial charge in [0.15, 0.2) is 5.78 Å². The molecule has 0 aromatic carbocycles. The Hall–Kier alpha value is -2.34. The quantitative estimate of drug-likeness (QED) is 0.310. The van der Waals surface area contributed by atoms with Gasteiger partial charge in [0.05, 0.1) is 17.7 Å². The van der Waals surface area contributed by atoms with Crippen molar-refractivity contribution in [2.24, 2.45) is 5.92 Å². The Morgan fingerprint density at radius 3 is 2.69 bits per heavy atom. The van der Waals surface area contributed by atoms with Crippen molar-refractivity contribution < 1.29 is 24.6 Å². The van der Waals surface area contributed by atoms with Crippen LogP contribution in [-0.2, 0) is 14.4 Å².